The summed E-state index contributed by atoms with van der Waals surface area (Å²) < 4.78 is 0. The Bertz CT molecular complexity index is 1010. The Morgan fingerprint density at radius 1 is 0.970 bits per heavy atom. The van der Waals surface area contributed by atoms with Crippen LogP contribution in [0.2, 0.25) is 0 Å². The van der Waals surface area contributed by atoms with Crippen molar-refractivity contribution in [3.05, 3.63) is 59.7 Å². The van der Waals surface area contributed by atoms with Gasteiger partial charge in [0.25, 0.3) is 0 Å². The molecule has 0 bridgehead atoms. The lowest BCUT2D eigenvalue weighted by Crippen LogP contribution is -2.51. The van der Waals surface area contributed by atoms with Gasteiger partial charge in [-0.1, -0.05) is 30.3 Å². The summed E-state index contributed by atoms with van der Waals surface area (Å²) in [7, 11) is 0. The molecule has 4 N–H and O–H groups in total. The molecular formula is C25H33N5O3. The Morgan fingerprint density at radius 2 is 1.67 bits per heavy atom. The maximum Gasteiger partial charge on any atom is 0.319 e. The number of anilines is 2. The number of nitrogens with one attached hydrogen (secondary N) is 4. The van der Waals surface area contributed by atoms with Gasteiger partial charge in [-0.05, 0) is 69.9 Å². The van der Waals surface area contributed by atoms with Gasteiger partial charge in [-0.15, -0.1) is 0 Å². The molecule has 0 radical (unpaired) electrons. The summed E-state index contributed by atoms with van der Waals surface area (Å²) in [6.45, 7) is 7.86. The summed E-state index contributed by atoms with van der Waals surface area (Å²) in [5, 5.41) is 11.3. The first kappa shape index (κ1) is 24.1. The van der Waals surface area contributed by atoms with Crippen molar-refractivity contribution in [1.29, 1.82) is 0 Å². The van der Waals surface area contributed by atoms with Gasteiger partial charge in [0.1, 0.15) is 6.04 Å². The average Bonchev–Trinajstić information content (AvgIpc) is 2.85. The Morgan fingerprint density at radius 3 is 2.39 bits per heavy atom. The highest BCUT2D eigenvalue weighted by Gasteiger charge is 2.31. The van der Waals surface area contributed by atoms with Gasteiger partial charge in [0.15, 0.2) is 0 Å². The summed E-state index contributed by atoms with van der Waals surface area (Å²) in [6.07, 6.45) is 1.21. The molecule has 8 heteroatoms. The first-order chi connectivity index (χ1) is 15.7. The molecule has 1 aliphatic heterocycles. The Hall–Kier alpha value is -3.55. The van der Waals surface area contributed by atoms with E-state index in [1.54, 1.807) is 4.90 Å². The number of fused-ring (bicyclic) bond motifs is 1. The number of nitrogens with zero attached hydrogens (tertiary/aromatic N) is 1. The molecule has 0 saturated heterocycles. The summed E-state index contributed by atoms with van der Waals surface area (Å²) in [6, 6.07) is 14.0. The van der Waals surface area contributed by atoms with E-state index in [0.29, 0.717) is 25.1 Å². The minimum absolute atomic E-state index is 0.0248. The number of amides is 5. The molecule has 0 saturated carbocycles. The number of para-hydroxylation sites is 1. The molecule has 8 nitrogen and oxygen atoms in total. The number of hydrogen-bond acceptors (Lipinski definition) is 3. The van der Waals surface area contributed by atoms with Crippen LogP contribution in [0.4, 0.5) is 21.0 Å². The SMILES string of the molecule is CC(C)NC(=O)Nc1cccc(CN2C(=O)C(NC(=O)NC(C)C)CCc3ccccc32)c1. The minimum atomic E-state index is -0.630. The standard InChI is InChI=1S/C25H33N5O3/c1-16(2)26-24(32)28-20-10-7-8-18(14-20)15-30-22-11-6-5-9-19(22)12-13-21(23(30)31)29-25(33)27-17(3)4/h5-11,14,16-17,21H,12-13,15H2,1-4H3,(H2,26,28,32)(H2,27,29,33). The van der Waals surface area contributed by atoms with Crippen molar-refractivity contribution in [2.45, 2.75) is 65.2 Å². The van der Waals surface area contributed by atoms with Crippen molar-refractivity contribution in [2.75, 3.05) is 10.2 Å². The number of carbonyl (C=O) groups excluding carboxylic acids is 3. The molecule has 3 rings (SSSR count). The summed E-state index contributed by atoms with van der Waals surface area (Å²) >= 11 is 0. The smallest absolute Gasteiger partial charge is 0.319 e. The van der Waals surface area contributed by atoms with Gasteiger partial charge in [-0.3, -0.25) is 4.79 Å². The maximum absolute atomic E-state index is 13.5. The molecule has 0 fully saturated rings. The number of carbonyl (C=O) groups is 3. The van der Waals surface area contributed by atoms with Gasteiger partial charge >= 0.3 is 12.1 Å². The first-order valence-electron chi connectivity index (χ1n) is 11.4. The molecule has 2 aromatic carbocycles. The van der Waals surface area contributed by atoms with Gasteiger partial charge in [0.2, 0.25) is 5.91 Å². The fourth-order valence-corrected chi connectivity index (χ4v) is 3.83. The molecule has 1 aliphatic rings. The zero-order valence-corrected chi connectivity index (χ0v) is 19.6. The zero-order chi connectivity index (χ0) is 24.0. The molecule has 0 aliphatic carbocycles. The van der Waals surface area contributed by atoms with Gasteiger partial charge in [-0.2, -0.15) is 0 Å². The lowest BCUT2D eigenvalue weighted by atomic mass is 10.1. The number of hydrogen-bond donors (Lipinski definition) is 4. The van der Waals surface area contributed by atoms with E-state index < -0.39 is 6.04 Å². The lowest BCUT2D eigenvalue weighted by molar-refractivity contribution is -0.120. The van der Waals surface area contributed by atoms with Crippen LogP contribution in [0, 0.1) is 0 Å². The van der Waals surface area contributed by atoms with Crippen molar-refractivity contribution in [1.82, 2.24) is 16.0 Å². The van der Waals surface area contributed by atoms with Crippen molar-refractivity contribution < 1.29 is 14.4 Å². The zero-order valence-electron chi connectivity index (χ0n) is 19.6. The first-order valence-corrected chi connectivity index (χ1v) is 11.4. The van der Waals surface area contributed by atoms with Crippen molar-refractivity contribution in [2.24, 2.45) is 0 Å². The van der Waals surface area contributed by atoms with Crippen LogP contribution in [-0.4, -0.2) is 36.1 Å². The van der Waals surface area contributed by atoms with Crippen LogP contribution in [0.25, 0.3) is 0 Å². The highest BCUT2D eigenvalue weighted by Crippen LogP contribution is 2.29. The number of rotatable bonds is 6. The number of aryl methyl sites for hydroxylation is 1. The van der Waals surface area contributed by atoms with Crippen molar-refractivity contribution in [3.8, 4) is 0 Å². The minimum Gasteiger partial charge on any atom is -0.336 e. The fourth-order valence-electron chi connectivity index (χ4n) is 3.83. The highest BCUT2D eigenvalue weighted by atomic mass is 16.2. The average molecular weight is 452 g/mol. The topological polar surface area (TPSA) is 103 Å². The predicted molar refractivity (Wildman–Crippen MR) is 130 cm³/mol. The molecule has 1 unspecified atom stereocenters. The third kappa shape index (κ3) is 6.71. The van der Waals surface area contributed by atoms with Gasteiger partial charge in [0.05, 0.1) is 6.54 Å². The van der Waals surface area contributed by atoms with Crippen LogP contribution >= 0.6 is 0 Å². The van der Waals surface area contributed by atoms with Gasteiger partial charge in [0, 0.05) is 23.5 Å². The largest absolute Gasteiger partial charge is 0.336 e. The second-order valence-electron chi connectivity index (χ2n) is 8.87. The normalized spacial score (nSPS) is 15.6. The number of benzene rings is 2. The predicted octanol–water partition coefficient (Wildman–Crippen LogP) is 3.77. The Balaban J connectivity index is 1.83. The number of urea groups is 2. The van der Waals surface area contributed by atoms with E-state index in [2.05, 4.69) is 21.3 Å². The molecule has 176 valence electrons. The molecule has 0 spiro atoms. The monoisotopic (exact) mass is 451 g/mol. The van der Waals surface area contributed by atoms with E-state index in [0.717, 1.165) is 16.8 Å². The summed E-state index contributed by atoms with van der Waals surface area (Å²) in [5.41, 5.74) is 3.41. The lowest BCUT2D eigenvalue weighted by Gasteiger charge is -2.27. The van der Waals surface area contributed by atoms with Crippen LogP contribution in [0.1, 0.15) is 45.2 Å². The molecule has 1 heterocycles. The fraction of sp³-hybridized carbons (Fsp3) is 0.400. The van der Waals surface area contributed by atoms with E-state index in [1.165, 1.54) is 0 Å². The van der Waals surface area contributed by atoms with Crippen LogP contribution in [0.3, 0.4) is 0 Å². The molecular weight excluding hydrogens is 418 g/mol. The molecule has 0 aromatic heterocycles. The molecule has 1 atom stereocenters. The summed E-state index contributed by atoms with van der Waals surface area (Å²) in [4.78, 5) is 39.6. The third-order valence-corrected chi connectivity index (χ3v) is 5.22. The van der Waals surface area contributed by atoms with Gasteiger partial charge < -0.3 is 26.2 Å². The van der Waals surface area contributed by atoms with Crippen LogP contribution in [0.5, 0.6) is 0 Å². The van der Waals surface area contributed by atoms with E-state index in [-0.39, 0.29) is 30.1 Å². The van der Waals surface area contributed by atoms with E-state index >= 15 is 0 Å². The van der Waals surface area contributed by atoms with Crippen molar-refractivity contribution >= 4 is 29.3 Å². The van der Waals surface area contributed by atoms with Crippen LogP contribution in [-0.2, 0) is 17.8 Å². The second-order valence-corrected chi connectivity index (χ2v) is 8.87. The van der Waals surface area contributed by atoms with Crippen LogP contribution in [0.15, 0.2) is 48.5 Å². The molecule has 2 aromatic rings. The maximum atomic E-state index is 13.5. The van der Waals surface area contributed by atoms with E-state index in [1.807, 2.05) is 76.2 Å². The quantitative estimate of drug-likeness (QED) is 0.538. The molecule has 33 heavy (non-hydrogen) atoms. The van der Waals surface area contributed by atoms with E-state index in [9.17, 15) is 14.4 Å². The van der Waals surface area contributed by atoms with Gasteiger partial charge in [-0.25, -0.2) is 9.59 Å². The summed E-state index contributed by atoms with van der Waals surface area (Å²) in [5.74, 6) is -0.158. The molecule has 5 amide bonds. The van der Waals surface area contributed by atoms with Crippen LogP contribution < -0.4 is 26.2 Å². The van der Waals surface area contributed by atoms with Crippen molar-refractivity contribution in [3.63, 3.8) is 0 Å². The Labute approximate surface area is 195 Å². The third-order valence-electron chi connectivity index (χ3n) is 5.22. The highest BCUT2D eigenvalue weighted by molar-refractivity contribution is 6.00. The Kier molecular flexibility index (Phi) is 7.92. The second kappa shape index (κ2) is 10.8. The van der Waals surface area contributed by atoms with E-state index in [4.69, 9.17) is 0 Å².